The van der Waals surface area contributed by atoms with Crippen LogP contribution in [-0.2, 0) is 0 Å². The van der Waals surface area contributed by atoms with Gasteiger partial charge >= 0.3 is 0 Å². The molecule has 0 amide bonds. The molecule has 0 nitrogen and oxygen atoms in total. The van der Waals surface area contributed by atoms with Crippen LogP contribution in [-0.4, -0.2) is 0 Å². The summed E-state index contributed by atoms with van der Waals surface area (Å²) in [5.41, 5.74) is 9.36. The zero-order valence-corrected chi connectivity index (χ0v) is 18.4. The van der Waals surface area contributed by atoms with Crippen LogP contribution in [0.1, 0.15) is 22.3 Å². The Kier molecular flexibility index (Phi) is 6.67. The summed E-state index contributed by atoms with van der Waals surface area (Å²) in [5.74, 6) is 12.4. The van der Waals surface area contributed by atoms with E-state index in [2.05, 4.69) is 135 Å². The van der Waals surface area contributed by atoms with Crippen molar-refractivity contribution in [3.05, 3.63) is 131 Å². The van der Waals surface area contributed by atoms with Gasteiger partial charge in [0.1, 0.15) is 0 Å². The molecule has 0 heteroatoms. The van der Waals surface area contributed by atoms with Gasteiger partial charge < -0.3 is 0 Å². The Bertz CT molecular complexity index is 1220. The molecule has 0 fully saturated rings. The number of hydrogen-bond donors (Lipinski definition) is 0. The number of aryl methyl sites for hydroxylation is 2. The highest BCUT2D eigenvalue weighted by molar-refractivity contribution is 5.65. The van der Waals surface area contributed by atoms with Gasteiger partial charge in [-0.2, -0.15) is 0 Å². The monoisotopic (exact) mass is 408 g/mol. The molecule has 4 aromatic carbocycles. The van der Waals surface area contributed by atoms with E-state index in [-0.39, 0.29) is 0 Å². The second kappa shape index (κ2) is 10.2. The molecule has 0 spiro atoms. The summed E-state index contributed by atoms with van der Waals surface area (Å²) in [4.78, 5) is 0. The van der Waals surface area contributed by atoms with Gasteiger partial charge in [-0.3, -0.25) is 0 Å². The summed E-state index contributed by atoms with van der Waals surface area (Å²) in [6.45, 7) is 4.20. The average Bonchev–Trinajstić information content (AvgIpc) is 2.83. The van der Waals surface area contributed by atoms with Gasteiger partial charge in [-0.15, -0.1) is 0 Å². The molecule has 0 unspecified atom stereocenters. The topological polar surface area (TPSA) is 0 Å². The molecule has 0 bridgehead atoms. The third-order valence-electron chi connectivity index (χ3n) is 5.22. The standard InChI is InChI=1S/C32H24/c1-25-9-17-29(18-10-25)31-21-13-27(14-22-31)7-5-3-4-6-8-28-15-23-32(24-16-28)30-19-11-26(2)12-20-30/h3-4,9-24H,1-2H3/b4-3+. The maximum Gasteiger partial charge on any atom is 0.0249 e. The molecule has 0 N–H and O–H groups in total. The molecule has 0 aliphatic carbocycles. The van der Waals surface area contributed by atoms with Gasteiger partial charge in [-0.1, -0.05) is 108 Å². The van der Waals surface area contributed by atoms with Crippen LogP contribution in [0.2, 0.25) is 0 Å². The van der Waals surface area contributed by atoms with Gasteiger partial charge in [0.25, 0.3) is 0 Å². The smallest absolute Gasteiger partial charge is 0.0249 e. The first-order chi connectivity index (χ1) is 15.7. The minimum atomic E-state index is 0.991. The van der Waals surface area contributed by atoms with Crippen LogP contribution >= 0.6 is 0 Å². The van der Waals surface area contributed by atoms with E-state index in [1.807, 2.05) is 0 Å². The summed E-state index contributed by atoms with van der Waals surface area (Å²) in [5, 5.41) is 0. The Labute approximate surface area is 191 Å². The molecule has 0 aliphatic rings. The first kappa shape index (κ1) is 21.0. The van der Waals surface area contributed by atoms with Gasteiger partial charge in [0, 0.05) is 11.1 Å². The van der Waals surface area contributed by atoms with Crippen molar-refractivity contribution >= 4 is 0 Å². The van der Waals surface area contributed by atoms with E-state index in [0.717, 1.165) is 11.1 Å². The van der Waals surface area contributed by atoms with Crippen molar-refractivity contribution in [2.45, 2.75) is 13.8 Å². The zero-order chi connectivity index (χ0) is 22.2. The van der Waals surface area contributed by atoms with Gasteiger partial charge in [0.2, 0.25) is 0 Å². The van der Waals surface area contributed by atoms with Crippen molar-refractivity contribution in [3.8, 4) is 45.9 Å². The lowest BCUT2D eigenvalue weighted by atomic mass is 10.0. The summed E-state index contributed by atoms with van der Waals surface area (Å²) in [6.07, 6.45) is 3.59. The first-order valence-corrected chi connectivity index (χ1v) is 10.7. The zero-order valence-electron chi connectivity index (χ0n) is 18.4. The van der Waals surface area contributed by atoms with Crippen molar-refractivity contribution in [3.63, 3.8) is 0 Å². The third kappa shape index (κ3) is 5.66. The lowest BCUT2D eigenvalue weighted by Gasteiger charge is -2.02. The lowest BCUT2D eigenvalue weighted by molar-refractivity contribution is 1.47. The fourth-order valence-electron chi connectivity index (χ4n) is 3.32. The molecule has 0 aromatic heterocycles. The highest BCUT2D eigenvalue weighted by Crippen LogP contribution is 2.21. The Hall–Kier alpha value is -4.26. The molecule has 0 saturated heterocycles. The Morgan fingerprint density at radius 2 is 0.688 bits per heavy atom. The summed E-state index contributed by atoms with van der Waals surface area (Å²) in [6, 6.07) is 33.8. The van der Waals surface area contributed by atoms with Crippen molar-refractivity contribution in [2.75, 3.05) is 0 Å². The maximum atomic E-state index is 3.16. The van der Waals surface area contributed by atoms with Crippen molar-refractivity contribution in [2.24, 2.45) is 0 Å². The molecular weight excluding hydrogens is 384 g/mol. The predicted octanol–water partition coefficient (Wildman–Crippen LogP) is 7.60. The van der Waals surface area contributed by atoms with E-state index in [4.69, 9.17) is 0 Å². The van der Waals surface area contributed by atoms with Gasteiger partial charge in [-0.05, 0) is 72.5 Å². The lowest BCUT2D eigenvalue weighted by Crippen LogP contribution is -1.80. The second-order valence-electron chi connectivity index (χ2n) is 7.76. The Morgan fingerprint density at radius 1 is 0.406 bits per heavy atom. The normalized spacial score (nSPS) is 10.2. The van der Waals surface area contributed by atoms with E-state index in [1.54, 1.807) is 12.2 Å². The van der Waals surface area contributed by atoms with Gasteiger partial charge in [-0.25, -0.2) is 0 Å². The molecule has 4 aromatic rings. The minimum absolute atomic E-state index is 0.991. The summed E-state index contributed by atoms with van der Waals surface area (Å²) >= 11 is 0. The Morgan fingerprint density at radius 3 is 1.00 bits per heavy atom. The third-order valence-corrected chi connectivity index (χ3v) is 5.22. The van der Waals surface area contributed by atoms with E-state index >= 15 is 0 Å². The fraction of sp³-hybridized carbons (Fsp3) is 0.0625. The molecule has 0 atom stereocenters. The number of benzene rings is 4. The molecule has 0 radical (unpaired) electrons. The van der Waals surface area contributed by atoms with E-state index in [9.17, 15) is 0 Å². The van der Waals surface area contributed by atoms with Crippen molar-refractivity contribution in [1.29, 1.82) is 0 Å². The minimum Gasteiger partial charge on any atom is -0.0689 e. The van der Waals surface area contributed by atoms with Crippen LogP contribution in [0.4, 0.5) is 0 Å². The molecule has 152 valence electrons. The fourth-order valence-corrected chi connectivity index (χ4v) is 3.32. The van der Waals surface area contributed by atoms with E-state index in [0.29, 0.717) is 0 Å². The number of rotatable bonds is 2. The van der Waals surface area contributed by atoms with Crippen molar-refractivity contribution < 1.29 is 0 Å². The largest absolute Gasteiger partial charge is 0.0689 e. The highest BCUT2D eigenvalue weighted by Gasteiger charge is 1.97. The highest BCUT2D eigenvalue weighted by atomic mass is 14.0. The van der Waals surface area contributed by atoms with E-state index < -0.39 is 0 Å². The summed E-state index contributed by atoms with van der Waals surface area (Å²) < 4.78 is 0. The quantitative estimate of drug-likeness (QED) is 0.300. The molecule has 0 aliphatic heterocycles. The molecular formula is C32H24. The van der Waals surface area contributed by atoms with E-state index in [1.165, 1.54) is 33.4 Å². The molecule has 4 rings (SSSR count). The van der Waals surface area contributed by atoms with Gasteiger partial charge in [0.15, 0.2) is 0 Å². The molecule has 0 saturated carbocycles. The maximum absolute atomic E-state index is 3.16. The van der Waals surface area contributed by atoms with Crippen LogP contribution in [0.5, 0.6) is 0 Å². The van der Waals surface area contributed by atoms with Gasteiger partial charge in [0.05, 0.1) is 0 Å². The summed E-state index contributed by atoms with van der Waals surface area (Å²) in [7, 11) is 0. The van der Waals surface area contributed by atoms with Crippen LogP contribution in [0.3, 0.4) is 0 Å². The number of allylic oxidation sites excluding steroid dienone is 2. The average molecular weight is 409 g/mol. The number of hydrogen-bond acceptors (Lipinski definition) is 0. The molecule has 32 heavy (non-hydrogen) atoms. The van der Waals surface area contributed by atoms with Crippen LogP contribution in [0.15, 0.2) is 109 Å². The van der Waals surface area contributed by atoms with Crippen LogP contribution < -0.4 is 0 Å². The van der Waals surface area contributed by atoms with Crippen LogP contribution in [0, 0.1) is 37.5 Å². The van der Waals surface area contributed by atoms with Crippen molar-refractivity contribution in [1.82, 2.24) is 0 Å². The molecule has 0 heterocycles. The van der Waals surface area contributed by atoms with Crippen LogP contribution in [0.25, 0.3) is 22.3 Å². The second-order valence-corrected chi connectivity index (χ2v) is 7.76. The Balaban J connectivity index is 1.35. The first-order valence-electron chi connectivity index (χ1n) is 10.7. The SMILES string of the molecule is Cc1ccc(-c2ccc(C#C/C=C/C#Cc3ccc(-c4ccc(C)cc4)cc3)cc2)cc1. The predicted molar refractivity (Wildman–Crippen MR) is 136 cm³/mol.